The van der Waals surface area contributed by atoms with Gasteiger partial charge in [-0.1, -0.05) is 30.3 Å². The van der Waals surface area contributed by atoms with Crippen LogP contribution in [-0.4, -0.2) is 53.0 Å². The average molecular weight is 394 g/mol. The second-order valence-electron chi connectivity index (χ2n) is 7.61. The van der Waals surface area contributed by atoms with Crippen LogP contribution < -0.4 is 11.1 Å². The van der Waals surface area contributed by atoms with Crippen molar-refractivity contribution in [3.8, 4) is 0 Å². The largest absolute Gasteiger partial charge is 0.421 e. The third-order valence-electron chi connectivity index (χ3n) is 5.49. The summed E-state index contributed by atoms with van der Waals surface area (Å²) >= 11 is 0. The molecule has 2 aromatic carbocycles. The van der Waals surface area contributed by atoms with Gasteiger partial charge in [-0.15, -0.1) is 0 Å². The maximum atomic E-state index is 12.5. The molecule has 1 aromatic heterocycles. The van der Waals surface area contributed by atoms with Gasteiger partial charge in [0.1, 0.15) is 0 Å². The van der Waals surface area contributed by atoms with Gasteiger partial charge >= 0.3 is 5.76 Å². The minimum atomic E-state index is -0.332. The molecule has 0 atom stereocenters. The van der Waals surface area contributed by atoms with Gasteiger partial charge < -0.3 is 9.73 Å². The summed E-state index contributed by atoms with van der Waals surface area (Å²) in [7, 11) is 0. The number of rotatable bonds is 5. The van der Waals surface area contributed by atoms with E-state index in [0.717, 1.165) is 48.5 Å². The van der Waals surface area contributed by atoms with E-state index in [0.29, 0.717) is 18.8 Å². The minimum Gasteiger partial charge on any atom is -0.408 e. The summed E-state index contributed by atoms with van der Waals surface area (Å²) in [4.78, 5) is 29.0. The molecule has 152 valence electrons. The molecule has 1 aliphatic heterocycles. The topological polar surface area (TPSA) is 70.7 Å². The van der Waals surface area contributed by atoms with E-state index in [9.17, 15) is 9.59 Å². The zero-order valence-corrected chi connectivity index (χ0v) is 16.9. The van der Waals surface area contributed by atoms with Gasteiger partial charge in [-0.2, -0.15) is 0 Å². The van der Waals surface area contributed by atoms with Crippen LogP contribution in [0.5, 0.6) is 0 Å². The van der Waals surface area contributed by atoms with Gasteiger partial charge in [0.25, 0.3) is 0 Å². The highest BCUT2D eigenvalue weighted by atomic mass is 16.4. The number of amides is 1. The SMILES string of the molecule is Cc1cccc(C)c1NC(=O)CN1CCN(Cn2c(=O)oc3ccccc32)CC1. The number of piperazine rings is 1. The van der Waals surface area contributed by atoms with E-state index in [1.165, 1.54) is 0 Å². The molecule has 0 unspecified atom stereocenters. The summed E-state index contributed by atoms with van der Waals surface area (Å²) in [6, 6.07) is 13.5. The molecule has 1 N–H and O–H groups in total. The Morgan fingerprint density at radius 2 is 1.62 bits per heavy atom. The Morgan fingerprint density at radius 1 is 0.966 bits per heavy atom. The fraction of sp³-hybridized carbons (Fsp3) is 0.364. The van der Waals surface area contributed by atoms with Crippen LogP contribution in [0.2, 0.25) is 0 Å². The molecule has 1 fully saturated rings. The zero-order chi connectivity index (χ0) is 20.4. The molecule has 0 bridgehead atoms. The fourth-order valence-electron chi connectivity index (χ4n) is 3.83. The molecule has 7 nitrogen and oxygen atoms in total. The third-order valence-corrected chi connectivity index (χ3v) is 5.49. The highest BCUT2D eigenvalue weighted by molar-refractivity contribution is 5.93. The first kappa shape index (κ1) is 19.4. The van der Waals surface area contributed by atoms with E-state index in [1.807, 2.05) is 50.2 Å². The summed E-state index contributed by atoms with van der Waals surface area (Å²) in [6.45, 7) is 8.03. The van der Waals surface area contributed by atoms with Crippen LogP contribution in [0.4, 0.5) is 5.69 Å². The molecule has 2 heterocycles. The van der Waals surface area contributed by atoms with Crippen molar-refractivity contribution in [2.45, 2.75) is 20.5 Å². The Labute approximate surface area is 169 Å². The van der Waals surface area contributed by atoms with Crippen molar-refractivity contribution in [1.29, 1.82) is 0 Å². The van der Waals surface area contributed by atoms with Crippen molar-refractivity contribution in [3.63, 3.8) is 0 Å². The first-order valence-corrected chi connectivity index (χ1v) is 9.90. The van der Waals surface area contributed by atoms with Gasteiger partial charge in [0, 0.05) is 31.9 Å². The maximum absolute atomic E-state index is 12.5. The number of carbonyl (C=O) groups is 1. The molecule has 0 saturated carbocycles. The van der Waals surface area contributed by atoms with E-state index < -0.39 is 0 Å². The van der Waals surface area contributed by atoms with Gasteiger partial charge in [-0.05, 0) is 37.1 Å². The smallest absolute Gasteiger partial charge is 0.408 e. The van der Waals surface area contributed by atoms with Crippen molar-refractivity contribution in [2.24, 2.45) is 0 Å². The molecule has 7 heteroatoms. The molecule has 4 rings (SSSR count). The summed E-state index contributed by atoms with van der Waals surface area (Å²) < 4.78 is 6.97. The van der Waals surface area contributed by atoms with Crippen LogP contribution in [0.1, 0.15) is 11.1 Å². The highest BCUT2D eigenvalue weighted by Gasteiger charge is 2.21. The first-order chi connectivity index (χ1) is 14.0. The standard InChI is InChI=1S/C22H26N4O3/c1-16-6-5-7-17(2)21(16)23-20(27)14-24-10-12-25(13-11-24)15-26-18-8-3-4-9-19(18)29-22(26)28/h3-9H,10-15H2,1-2H3,(H,23,27). The summed E-state index contributed by atoms with van der Waals surface area (Å²) in [6.07, 6.45) is 0. The molecule has 0 aliphatic carbocycles. The predicted octanol–water partition coefficient (Wildman–Crippen LogP) is 2.43. The second-order valence-corrected chi connectivity index (χ2v) is 7.61. The van der Waals surface area contributed by atoms with Gasteiger partial charge in [-0.3, -0.25) is 19.2 Å². The summed E-state index contributed by atoms with van der Waals surface area (Å²) in [5.41, 5.74) is 4.47. The number of oxazole rings is 1. The second kappa shape index (κ2) is 8.23. The van der Waals surface area contributed by atoms with Crippen molar-refractivity contribution < 1.29 is 9.21 Å². The Bertz CT molecular complexity index is 1060. The first-order valence-electron chi connectivity index (χ1n) is 9.90. The maximum Gasteiger partial charge on any atom is 0.421 e. The van der Waals surface area contributed by atoms with Crippen LogP contribution in [0.25, 0.3) is 11.1 Å². The average Bonchev–Trinajstić information content (AvgIpc) is 3.02. The molecule has 0 spiro atoms. The number of nitrogens with zero attached hydrogens (tertiary/aromatic N) is 3. The third kappa shape index (κ3) is 4.26. The Kier molecular flexibility index (Phi) is 5.51. The van der Waals surface area contributed by atoms with Crippen LogP contribution in [0.3, 0.4) is 0 Å². The van der Waals surface area contributed by atoms with Crippen LogP contribution >= 0.6 is 0 Å². The molecular formula is C22H26N4O3. The molecule has 29 heavy (non-hydrogen) atoms. The number of para-hydroxylation sites is 3. The summed E-state index contributed by atoms with van der Waals surface area (Å²) in [5.74, 6) is -0.325. The van der Waals surface area contributed by atoms with Crippen LogP contribution in [0, 0.1) is 13.8 Å². The number of hydrogen-bond acceptors (Lipinski definition) is 5. The van der Waals surface area contributed by atoms with Gasteiger partial charge in [-0.25, -0.2) is 4.79 Å². The van der Waals surface area contributed by atoms with Gasteiger partial charge in [0.05, 0.1) is 18.7 Å². The van der Waals surface area contributed by atoms with E-state index in [1.54, 1.807) is 10.6 Å². The molecular weight excluding hydrogens is 368 g/mol. The number of aryl methyl sites for hydroxylation is 2. The number of hydrogen-bond donors (Lipinski definition) is 1. The normalized spacial score (nSPS) is 15.7. The molecule has 1 saturated heterocycles. The van der Waals surface area contributed by atoms with Crippen LogP contribution in [0.15, 0.2) is 51.7 Å². The number of nitrogens with one attached hydrogen (secondary N) is 1. The number of fused-ring (bicyclic) bond motifs is 1. The lowest BCUT2D eigenvalue weighted by molar-refractivity contribution is -0.117. The zero-order valence-electron chi connectivity index (χ0n) is 16.9. The number of carbonyl (C=O) groups excluding carboxylic acids is 1. The molecule has 0 radical (unpaired) electrons. The minimum absolute atomic E-state index is 0.00731. The lowest BCUT2D eigenvalue weighted by Gasteiger charge is -2.34. The lowest BCUT2D eigenvalue weighted by Crippen LogP contribution is -2.49. The predicted molar refractivity (Wildman–Crippen MR) is 113 cm³/mol. The number of anilines is 1. The molecule has 1 amide bonds. The highest BCUT2D eigenvalue weighted by Crippen LogP contribution is 2.19. The van der Waals surface area contributed by atoms with E-state index in [4.69, 9.17) is 4.42 Å². The Balaban J connectivity index is 1.32. The van der Waals surface area contributed by atoms with Crippen molar-refractivity contribution >= 4 is 22.7 Å². The van der Waals surface area contributed by atoms with E-state index >= 15 is 0 Å². The Hall–Kier alpha value is -2.90. The fourth-order valence-corrected chi connectivity index (χ4v) is 3.83. The quantitative estimate of drug-likeness (QED) is 0.720. The van der Waals surface area contributed by atoms with E-state index in [2.05, 4.69) is 15.1 Å². The van der Waals surface area contributed by atoms with Crippen molar-refractivity contribution in [3.05, 3.63) is 64.1 Å². The molecule has 1 aliphatic rings. The number of benzene rings is 2. The summed E-state index contributed by atoms with van der Waals surface area (Å²) in [5, 5.41) is 3.05. The van der Waals surface area contributed by atoms with E-state index in [-0.39, 0.29) is 11.7 Å². The monoisotopic (exact) mass is 394 g/mol. The van der Waals surface area contributed by atoms with Crippen LogP contribution in [-0.2, 0) is 11.5 Å². The van der Waals surface area contributed by atoms with Crippen molar-refractivity contribution in [1.82, 2.24) is 14.4 Å². The lowest BCUT2D eigenvalue weighted by atomic mass is 10.1. The van der Waals surface area contributed by atoms with Gasteiger partial charge in [0.2, 0.25) is 5.91 Å². The number of aromatic nitrogens is 1. The van der Waals surface area contributed by atoms with Gasteiger partial charge in [0.15, 0.2) is 5.58 Å². The Morgan fingerprint density at radius 3 is 2.34 bits per heavy atom. The molecule has 3 aromatic rings. The van der Waals surface area contributed by atoms with Crippen molar-refractivity contribution in [2.75, 3.05) is 38.0 Å².